The van der Waals surface area contributed by atoms with Gasteiger partial charge in [0.25, 0.3) is 0 Å². The fraction of sp³-hybridized carbons (Fsp3) is 0.500. The minimum Gasteiger partial charge on any atom is -0.338 e. The topological polar surface area (TPSA) is 70.2 Å². The monoisotopic (exact) mass is 309 g/mol. The highest BCUT2D eigenvalue weighted by Gasteiger charge is 2.19. The summed E-state index contributed by atoms with van der Waals surface area (Å²) in [4.78, 5) is 23.5. The number of urea groups is 1. The Balaban J connectivity index is 2.50. The minimum absolute atomic E-state index is 0.303. The fourth-order valence-electron chi connectivity index (χ4n) is 1.93. The number of amides is 3. The minimum atomic E-state index is -0.626. The molecule has 1 aromatic rings. The van der Waals surface area contributed by atoms with E-state index in [1.165, 1.54) is 6.07 Å². The molecule has 3 N–H and O–H groups in total. The van der Waals surface area contributed by atoms with Crippen molar-refractivity contribution in [3.8, 4) is 0 Å². The molecule has 2 atom stereocenters. The SMILES string of the molecule is CC(C)CNC(=O)NC(=O)C(C)NC(C)c1ccccc1F. The van der Waals surface area contributed by atoms with E-state index >= 15 is 0 Å². The number of halogens is 1. The summed E-state index contributed by atoms with van der Waals surface area (Å²) in [7, 11) is 0. The molecule has 6 heteroatoms. The molecule has 2 unspecified atom stereocenters. The van der Waals surface area contributed by atoms with Crippen LogP contribution >= 0.6 is 0 Å². The molecule has 0 radical (unpaired) electrons. The van der Waals surface area contributed by atoms with E-state index < -0.39 is 18.0 Å². The van der Waals surface area contributed by atoms with Gasteiger partial charge in [-0.2, -0.15) is 0 Å². The van der Waals surface area contributed by atoms with Gasteiger partial charge in [0.15, 0.2) is 0 Å². The molecule has 22 heavy (non-hydrogen) atoms. The second kappa shape index (κ2) is 8.48. The van der Waals surface area contributed by atoms with Gasteiger partial charge in [0.2, 0.25) is 5.91 Å². The highest BCUT2D eigenvalue weighted by Crippen LogP contribution is 2.16. The average Bonchev–Trinajstić information content (AvgIpc) is 2.45. The summed E-state index contributed by atoms with van der Waals surface area (Å²) in [6, 6.07) is 4.89. The lowest BCUT2D eigenvalue weighted by atomic mass is 10.1. The lowest BCUT2D eigenvalue weighted by molar-refractivity contribution is -0.121. The van der Waals surface area contributed by atoms with E-state index in [1.807, 2.05) is 13.8 Å². The Bertz CT molecular complexity index is 520. The molecule has 0 spiro atoms. The third-order valence-electron chi connectivity index (χ3n) is 3.17. The maximum Gasteiger partial charge on any atom is 0.321 e. The first kappa shape index (κ1) is 18.1. The van der Waals surface area contributed by atoms with Gasteiger partial charge in [-0.1, -0.05) is 32.0 Å². The van der Waals surface area contributed by atoms with Crippen molar-refractivity contribution in [3.05, 3.63) is 35.6 Å². The smallest absolute Gasteiger partial charge is 0.321 e. The molecule has 1 aromatic carbocycles. The van der Waals surface area contributed by atoms with Crippen LogP contribution in [0.3, 0.4) is 0 Å². The number of hydrogen-bond donors (Lipinski definition) is 3. The molecule has 0 saturated carbocycles. The van der Waals surface area contributed by atoms with Crippen LogP contribution < -0.4 is 16.0 Å². The highest BCUT2D eigenvalue weighted by molar-refractivity contribution is 5.96. The number of hydrogen-bond acceptors (Lipinski definition) is 3. The van der Waals surface area contributed by atoms with Crippen molar-refractivity contribution in [1.82, 2.24) is 16.0 Å². The lowest BCUT2D eigenvalue weighted by Crippen LogP contribution is -2.49. The molecule has 122 valence electrons. The quantitative estimate of drug-likeness (QED) is 0.755. The molecule has 0 fully saturated rings. The maximum atomic E-state index is 13.7. The van der Waals surface area contributed by atoms with Crippen LogP contribution in [-0.2, 0) is 4.79 Å². The predicted molar refractivity (Wildman–Crippen MR) is 83.8 cm³/mol. The summed E-state index contributed by atoms with van der Waals surface area (Å²) in [5, 5.41) is 7.84. The van der Waals surface area contributed by atoms with Gasteiger partial charge in [-0.15, -0.1) is 0 Å². The van der Waals surface area contributed by atoms with Crippen molar-refractivity contribution in [2.45, 2.75) is 39.8 Å². The van der Waals surface area contributed by atoms with Crippen LogP contribution in [0.2, 0.25) is 0 Å². The molecule has 5 nitrogen and oxygen atoms in total. The van der Waals surface area contributed by atoms with E-state index in [-0.39, 0.29) is 11.9 Å². The van der Waals surface area contributed by atoms with Crippen LogP contribution in [0.25, 0.3) is 0 Å². The molecule has 0 heterocycles. The molecule has 3 amide bonds. The molecule has 0 bridgehead atoms. The summed E-state index contributed by atoms with van der Waals surface area (Å²) >= 11 is 0. The Morgan fingerprint density at radius 1 is 1.14 bits per heavy atom. The van der Waals surface area contributed by atoms with Crippen LogP contribution in [-0.4, -0.2) is 24.5 Å². The second-order valence-corrected chi connectivity index (χ2v) is 5.72. The molecular weight excluding hydrogens is 285 g/mol. The molecular formula is C16H24FN3O2. The lowest BCUT2D eigenvalue weighted by Gasteiger charge is -2.20. The van der Waals surface area contributed by atoms with E-state index in [9.17, 15) is 14.0 Å². The van der Waals surface area contributed by atoms with Gasteiger partial charge in [-0.25, -0.2) is 9.18 Å². The Labute approximate surface area is 130 Å². The molecule has 1 rings (SSSR count). The van der Waals surface area contributed by atoms with Crippen LogP contribution in [0.1, 0.15) is 39.3 Å². The molecule has 0 aliphatic heterocycles. The summed E-state index contributed by atoms with van der Waals surface area (Å²) < 4.78 is 13.7. The van der Waals surface area contributed by atoms with E-state index in [4.69, 9.17) is 0 Å². The molecule has 0 aliphatic carbocycles. The number of carbonyl (C=O) groups is 2. The molecule has 0 aliphatic rings. The first-order valence-corrected chi connectivity index (χ1v) is 7.40. The van der Waals surface area contributed by atoms with E-state index in [0.717, 1.165) is 0 Å². The van der Waals surface area contributed by atoms with Gasteiger partial charge in [-0.05, 0) is 25.8 Å². The summed E-state index contributed by atoms with van der Waals surface area (Å²) in [5.74, 6) is -0.480. The summed E-state index contributed by atoms with van der Waals surface area (Å²) in [5.41, 5.74) is 0.478. The number of nitrogens with one attached hydrogen (secondary N) is 3. The normalized spacial score (nSPS) is 13.5. The average molecular weight is 309 g/mol. The Hall–Kier alpha value is -1.95. The first-order valence-electron chi connectivity index (χ1n) is 7.40. The number of carbonyl (C=O) groups excluding carboxylic acids is 2. The van der Waals surface area contributed by atoms with Gasteiger partial charge < -0.3 is 5.32 Å². The zero-order valence-electron chi connectivity index (χ0n) is 13.4. The van der Waals surface area contributed by atoms with Crippen LogP contribution in [0.4, 0.5) is 9.18 Å². The zero-order chi connectivity index (χ0) is 16.7. The van der Waals surface area contributed by atoms with Crippen LogP contribution in [0.15, 0.2) is 24.3 Å². The molecule has 0 aromatic heterocycles. The maximum absolute atomic E-state index is 13.7. The van der Waals surface area contributed by atoms with Crippen molar-refractivity contribution in [3.63, 3.8) is 0 Å². The van der Waals surface area contributed by atoms with Crippen molar-refractivity contribution >= 4 is 11.9 Å². The van der Waals surface area contributed by atoms with Crippen molar-refractivity contribution in [1.29, 1.82) is 0 Å². The number of benzene rings is 1. The van der Waals surface area contributed by atoms with Crippen molar-refractivity contribution in [2.75, 3.05) is 6.54 Å². The van der Waals surface area contributed by atoms with Gasteiger partial charge >= 0.3 is 6.03 Å². The Kier molecular flexibility index (Phi) is 6.98. The van der Waals surface area contributed by atoms with Crippen molar-refractivity contribution < 1.29 is 14.0 Å². The number of imide groups is 1. The summed E-state index contributed by atoms with van der Waals surface area (Å²) in [6.45, 7) is 7.81. The largest absolute Gasteiger partial charge is 0.338 e. The van der Waals surface area contributed by atoms with E-state index in [0.29, 0.717) is 18.0 Å². The zero-order valence-corrected chi connectivity index (χ0v) is 13.4. The molecule has 0 saturated heterocycles. The van der Waals surface area contributed by atoms with Gasteiger partial charge in [0.05, 0.1) is 6.04 Å². The predicted octanol–water partition coefficient (Wildman–Crippen LogP) is 2.35. The third-order valence-corrected chi connectivity index (χ3v) is 3.17. The Morgan fingerprint density at radius 3 is 2.36 bits per heavy atom. The van der Waals surface area contributed by atoms with Crippen LogP contribution in [0.5, 0.6) is 0 Å². The second-order valence-electron chi connectivity index (χ2n) is 5.72. The Morgan fingerprint density at radius 2 is 1.77 bits per heavy atom. The van der Waals surface area contributed by atoms with Gasteiger partial charge in [0.1, 0.15) is 5.82 Å². The van der Waals surface area contributed by atoms with Crippen molar-refractivity contribution in [2.24, 2.45) is 5.92 Å². The fourth-order valence-corrected chi connectivity index (χ4v) is 1.93. The number of rotatable bonds is 6. The highest BCUT2D eigenvalue weighted by atomic mass is 19.1. The van der Waals surface area contributed by atoms with Gasteiger partial charge in [0, 0.05) is 18.2 Å². The summed E-state index contributed by atoms with van der Waals surface area (Å²) in [6.07, 6.45) is 0. The van der Waals surface area contributed by atoms with Crippen LogP contribution in [0, 0.1) is 11.7 Å². The third kappa shape index (κ3) is 5.81. The first-order chi connectivity index (χ1) is 10.3. The van der Waals surface area contributed by atoms with E-state index in [1.54, 1.807) is 32.0 Å². The van der Waals surface area contributed by atoms with E-state index in [2.05, 4.69) is 16.0 Å². The van der Waals surface area contributed by atoms with Gasteiger partial charge in [-0.3, -0.25) is 15.4 Å². The standard InChI is InChI=1S/C16H24FN3O2/c1-10(2)9-18-16(22)20-15(21)12(4)19-11(3)13-7-5-6-8-14(13)17/h5-8,10-12,19H,9H2,1-4H3,(H2,18,20,21,22).